The summed E-state index contributed by atoms with van der Waals surface area (Å²) in [6.07, 6.45) is 10.3. The van der Waals surface area contributed by atoms with Crippen molar-refractivity contribution >= 4 is 11.7 Å². The van der Waals surface area contributed by atoms with E-state index in [4.69, 9.17) is 5.73 Å². The minimum Gasteiger partial charge on any atom is -0.355 e. The molecule has 0 bridgehead atoms. The number of nitrogens with two attached hydrogens (primary N) is 1. The smallest absolute Gasteiger partial charge is 0.226 e. The van der Waals surface area contributed by atoms with Gasteiger partial charge in [-0.05, 0) is 32.1 Å². The first-order valence-electron chi connectivity index (χ1n) is 8.31. The number of hydrogen-bond acceptors (Lipinski definition) is 5. The average molecular weight is 303 g/mol. The Morgan fingerprint density at radius 3 is 2.68 bits per heavy atom. The molecule has 1 atom stereocenters. The molecule has 0 aromatic carbocycles. The van der Waals surface area contributed by atoms with Crippen molar-refractivity contribution in [2.24, 2.45) is 11.7 Å². The van der Waals surface area contributed by atoms with Crippen LogP contribution >= 0.6 is 0 Å². The molecular formula is C16H25N5O. The normalized spacial score (nSPS) is 23.6. The zero-order valence-corrected chi connectivity index (χ0v) is 13.0. The Balaban J connectivity index is 1.57. The van der Waals surface area contributed by atoms with Gasteiger partial charge in [-0.1, -0.05) is 0 Å². The van der Waals surface area contributed by atoms with Crippen LogP contribution in [0, 0.1) is 5.92 Å². The number of amides is 1. The van der Waals surface area contributed by atoms with Crippen molar-refractivity contribution in [3.05, 3.63) is 18.6 Å². The van der Waals surface area contributed by atoms with E-state index < -0.39 is 0 Å². The highest BCUT2D eigenvalue weighted by molar-refractivity contribution is 5.79. The highest BCUT2D eigenvalue weighted by atomic mass is 16.2. The van der Waals surface area contributed by atoms with Crippen LogP contribution in [-0.2, 0) is 4.79 Å². The van der Waals surface area contributed by atoms with Gasteiger partial charge in [-0.3, -0.25) is 9.78 Å². The number of piperidine rings is 2. The van der Waals surface area contributed by atoms with Gasteiger partial charge in [-0.15, -0.1) is 0 Å². The van der Waals surface area contributed by atoms with Gasteiger partial charge in [-0.25, -0.2) is 4.98 Å². The summed E-state index contributed by atoms with van der Waals surface area (Å²) >= 11 is 0. The van der Waals surface area contributed by atoms with E-state index in [0.717, 1.165) is 51.1 Å². The third kappa shape index (κ3) is 3.21. The summed E-state index contributed by atoms with van der Waals surface area (Å²) in [6.45, 7) is 3.21. The van der Waals surface area contributed by atoms with E-state index in [1.165, 1.54) is 6.42 Å². The van der Waals surface area contributed by atoms with E-state index in [1.54, 1.807) is 18.6 Å². The predicted molar refractivity (Wildman–Crippen MR) is 85.4 cm³/mol. The summed E-state index contributed by atoms with van der Waals surface area (Å²) in [5, 5.41) is 0. The Bertz CT molecular complexity index is 487. The number of nitrogens with zero attached hydrogens (tertiary/aromatic N) is 4. The van der Waals surface area contributed by atoms with Crippen LogP contribution in [0.3, 0.4) is 0 Å². The molecule has 6 heteroatoms. The average Bonchev–Trinajstić information content (AvgIpc) is 2.62. The number of anilines is 1. The van der Waals surface area contributed by atoms with Gasteiger partial charge in [0.05, 0.1) is 6.20 Å². The topological polar surface area (TPSA) is 75.3 Å². The molecule has 0 radical (unpaired) electrons. The standard InChI is InChI=1S/C16H25N5O/c17-11-14-3-1-2-8-21(14)16(22)13-4-9-20(10-5-13)15-12-18-6-7-19-15/h6-7,12-14H,1-5,8-11,17H2. The summed E-state index contributed by atoms with van der Waals surface area (Å²) in [6, 6.07) is 0.249. The molecule has 22 heavy (non-hydrogen) atoms. The molecule has 0 saturated carbocycles. The Labute approximate surface area is 131 Å². The SMILES string of the molecule is NCC1CCCCN1C(=O)C1CCN(c2cnccn2)CC1. The molecule has 2 N–H and O–H groups in total. The van der Waals surface area contributed by atoms with Crippen molar-refractivity contribution in [1.29, 1.82) is 0 Å². The first kappa shape index (κ1) is 15.2. The fourth-order valence-corrected chi connectivity index (χ4v) is 3.58. The highest BCUT2D eigenvalue weighted by Gasteiger charge is 2.33. The molecule has 1 aromatic heterocycles. The van der Waals surface area contributed by atoms with Gasteiger partial charge in [0.2, 0.25) is 5.91 Å². The Kier molecular flexibility index (Phi) is 4.87. The van der Waals surface area contributed by atoms with Crippen LogP contribution in [0.1, 0.15) is 32.1 Å². The molecule has 2 fully saturated rings. The Morgan fingerprint density at radius 2 is 2.00 bits per heavy atom. The van der Waals surface area contributed by atoms with E-state index in [2.05, 4.69) is 14.9 Å². The lowest BCUT2D eigenvalue weighted by Crippen LogP contribution is -2.51. The summed E-state index contributed by atoms with van der Waals surface area (Å²) in [5.41, 5.74) is 5.84. The first-order valence-corrected chi connectivity index (χ1v) is 8.31. The third-order valence-electron chi connectivity index (χ3n) is 4.90. The second-order valence-electron chi connectivity index (χ2n) is 6.24. The number of hydrogen-bond donors (Lipinski definition) is 1. The minimum atomic E-state index is 0.139. The number of likely N-dealkylation sites (tertiary alicyclic amines) is 1. The van der Waals surface area contributed by atoms with E-state index >= 15 is 0 Å². The fourth-order valence-electron chi connectivity index (χ4n) is 3.58. The number of carbonyl (C=O) groups excluding carboxylic acids is 1. The molecule has 1 unspecified atom stereocenters. The van der Waals surface area contributed by atoms with E-state index in [0.29, 0.717) is 12.5 Å². The highest BCUT2D eigenvalue weighted by Crippen LogP contribution is 2.26. The maximum atomic E-state index is 12.8. The van der Waals surface area contributed by atoms with Gasteiger partial charge in [-0.2, -0.15) is 0 Å². The minimum absolute atomic E-state index is 0.139. The van der Waals surface area contributed by atoms with Crippen LogP contribution in [0.15, 0.2) is 18.6 Å². The molecule has 3 rings (SSSR count). The predicted octanol–water partition coefficient (Wildman–Crippen LogP) is 1.03. The lowest BCUT2D eigenvalue weighted by atomic mass is 9.92. The van der Waals surface area contributed by atoms with Crippen LogP contribution in [-0.4, -0.2) is 53.0 Å². The van der Waals surface area contributed by atoms with Gasteiger partial charge < -0.3 is 15.5 Å². The summed E-state index contributed by atoms with van der Waals surface area (Å²) in [4.78, 5) is 25.5. The van der Waals surface area contributed by atoms with Crippen LogP contribution in [0.25, 0.3) is 0 Å². The molecule has 6 nitrogen and oxygen atoms in total. The fraction of sp³-hybridized carbons (Fsp3) is 0.688. The molecule has 1 aromatic rings. The van der Waals surface area contributed by atoms with Crippen molar-refractivity contribution in [2.45, 2.75) is 38.1 Å². The van der Waals surface area contributed by atoms with Gasteiger partial charge in [0.1, 0.15) is 5.82 Å². The maximum Gasteiger partial charge on any atom is 0.226 e. The van der Waals surface area contributed by atoms with E-state index in [9.17, 15) is 4.79 Å². The molecule has 2 aliphatic heterocycles. The van der Waals surface area contributed by atoms with Crippen LogP contribution in [0.2, 0.25) is 0 Å². The lowest BCUT2D eigenvalue weighted by molar-refractivity contribution is -0.139. The first-order chi connectivity index (χ1) is 10.8. The second-order valence-corrected chi connectivity index (χ2v) is 6.24. The summed E-state index contributed by atoms with van der Waals surface area (Å²) in [7, 11) is 0. The van der Waals surface area contributed by atoms with Crippen molar-refractivity contribution in [3.8, 4) is 0 Å². The molecule has 2 aliphatic rings. The van der Waals surface area contributed by atoms with Crippen molar-refractivity contribution in [1.82, 2.24) is 14.9 Å². The van der Waals surface area contributed by atoms with Gasteiger partial charge >= 0.3 is 0 Å². The molecule has 1 amide bonds. The van der Waals surface area contributed by atoms with Crippen LogP contribution in [0.4, 0.5) is 5.82 Å². The lowest BCUT2D eigenvalue weighted by Gasteiger charge is -2.39. The zero-order valence-electron chi connectivity index (χ0n) is 13.0. The third-order valence-corrected chi connectivity index (χ3v) is 4.90. The van der Waals surface area contributed by atoms with Crippen LogP contribution in [0.5, 0.6) is 0 Å². The maximum absolute atomic E-state index is 12.8. The van der Waals surface area contributed by atoms with Gasteiger partial charge in [0.15, 0.2) is 0 Å². The molecule has 3 heterocycles. The molecule has 0 spiro atoms. The quantitative estimate of drug-likeness (QED) is 0.903. The zero-order chi connectivity index (χ0) is 15.4. The Hall–Kier alpha value is -1.69. The van der Waals surface area contributed by atoms with Crippen molar-refractivity contribution in [2.75, 3.05) is 31.1 Å². The molecule has 2 saturated heterocycles. The molecule has 120 valence electrons. The molecular weight excluding hydrogens is 278 g/mol. The van der Waals surface area contributed by atoms with Crippen LogP contribution < -0.4 is 10.6 Å². The molecule has 0 aliphatic carbocycles. The van der Waals surface area contributed by atoms with E-state index in [1.807, 2.05) is 4.90 Å². The summed E-state index contributed by atoms with van der Waals surface area (Å²) in [5.74, 6) is 1.36. The largest absolute Gasteiger partial charge is 0.355 e. The van der Waals surface area contributed by atoms with Crippen molar-refractivity contribution < 1.29 is 4.79 Å². The number of rotatable bonds is 3. The summed E-state index contributed by atoms with van der Waals surface area (Å²) < 4.78 is 0. The Morgan fingerprint density at radius 1 is 1.18 bits per heavy atom. The van der Waals surface area contributed by atoms with Gasteiger partial charge in [0.25, 0.3) is 0 Å². The van der Waals surface area contributed by atoms with E-state index in [-0.39, 0.29) is 12.0 Å². The number of carbonyl (C=O) groups is 1. The number of aromatic nitrogens is 2. The second kappa shape index (κ2) is 7.05. The van der Waals surface area contributed by atoms with Gasteiger partial charge in [0, 0.05) is 50.5 Å². The monoisotopic (exact) mass is 303 g/mol. The van der Waals surface area contributed by atoms with Crippen molar-refractivity contribution in [3.63, 3.8) is 0 Å².